The Morgan fingerprint density at radius 3 is 2.50 bits per heavy atom. The van der Waals surface area contributed by atoms with E-state index >= 15 is 0 Å². The van der Waals surface area contributed by atoms with Crippen LogP contribution in [0.25, 0.3) is 0 Å². The Kier molecular flexibility index (Phi) is 3.38. The summed E-state index contributed by atoms with van der Waals surface area (Å²) >= 11 is 3.05. The molecule has 0 bridgehead atoms. The molecule has 1 nitrogen and oxygen atoms in total. The normalized spacial score (nSPS) is 21.6. The molecular weight excluding hydrogens is 326 g/mol. The highest BCUT2D eigenvalue weighted by Gasteiger charge is 2.38. The lowest BCUT2D eigenvalue weighted by molar-refractivity contribution is 0.0151. The van der Waals surface area contributed by atoms with Crippen molar-refractivity contribution < 1.29 is 13.9 Å². The molecule has 0 aliphatic heterocycles. The van der Waals surface area contributed by atoms with Crippen molar-refractivity contribution in [1.82, 2.24) is 0 Å². The Balaban J connectivity index is 2.10. The van der Waals surface area contributed by atoms with E-state index in [4.69, 9.17) is 0 Å². The minimum atomic E-state index is -1.49. The molecule has 1 aliphatic rings. The molecule has 1 atom stereocenters. The fourth-order valence-electron chi connectivity index (χ4n) is 2.89. The van der Waals surface area contributed by atoms with Crippen molar-refractivity contribution in [2.24, 2.45) is 0 Å². The summed E-state index contributed by atoms with van der Waals surface area (Å²) in [6, 6.07) is 10.2. The van der Waals surface area contributed by atoms with Crippen molar-refractivity contribution in [1.29, 1.82) is 0 Å². The van der Waals surface area contributed by atoms with E-state index in [-0.39, 0.29) is 16.5 Å². The van der Waals surface area contributed by atoms with Crippen molar-refractivity contribution in [2.75, 3.05) is 0 Å². The second-order valence-electron chi connectivity index (χ2n) is 5.20. The largest absolute Gasteiger partial charge is 0.385 e. The molecule has 0 saturated carbocycles. The summed E-state index contributed by atoms with van der Waals surface area (Å²) in [6.45, 7) is 0. The number of benzene rings is 2. The van der Waals surface area contributed by atoms with Gasteiger partial charge in [0.25, 0.3) is 0 Å². The molecule has 4 heteroatoms. The molecule has 2 aromatic rings. The van der Waals surface area contributed by atoms with Gasteiger partial charge >= 0.3 is 0 Å². The Morgan fingerprint density at radius 2 is 1.75 bits per heavy atom. The van der Waals surface area contributed by atoms with Crippen LogP contribution in [-0.2, 0) is 18.4 Å². The number of halogens is 3. The maximum absolute atomic E-state index is 14.2. The van der Waals surface area contributed by atoms with Crippen LogP contribution in [0.1, 0.15) is 23.1 Å². The molecule has 3 rings (SSSR count). The Morgan fingerprint density at radius 1 is 1.05 bits per heavy atom. The summed E-state index contributed by atoms with van der Waals surface area (Å²) in [5.41, 5.74) is 0.348. The molecular formula is C16H13BrF2O. The van der Waals surface area contributed by atoms with E-state index in [0.717, 1.165) is 11.1 Å². The molecule has 0 saturated heterocycles. The molecule has 1 N–H and O–H groups in total. The molecule has 0 heterocycles. The lowest BCUT2D eigenvalue weighted by Gasteiger charge is -2.34. The van der Waals surface area contributed by atoms with Crippen molar-refractivity contribution in [3.05, 3.63) is 69.2 Å². The van der Waals surface area contributed by atoms with E-state index < -0.39 is 17.2 Å². The third-order valence-electron chi connectivity index (χ3n) is 3.92. The van der Waals surface area contributed by atoms with Crippen LogP contribution in [0.15, 0.2) is 40.9 Å². The third-order valence-corrected chi connectivity index (χ3v) is 4.53. The van der Waals surface area contributed by atoms with Gasteiger partial charge in [-0.05, 0) is 52.0 Å². The predicted molar refractivity (Wildman–Crippen MR) is 76.4 cm³/mol. The molecule has 2 aromatic carbocycles. The van der Waals surface area contributed by atoms with Crippen LogP contribution >= 0.6 is 15.9 Å². The highest BCUT2D eigenvalue weighted by molar-refractivity contribution is 9.10. The second-order valence-corrected chi connectivity index (χ2v) is 6.05. The first kappa shape index (κ1) is 13.7. The third kappa shape index (κ3) is 2.17. The van der Waals surface area contributed by atoms with Gasteiger partial charge in [-0.3, -0.25) is 0 Å². The summed E-state index contributed by atoms with van der Waals surface area (Å²) in [4.78, 5) is 0. The molecule has 0 aromatic heterocycles. The first-order valence-electron chi connectivity index (χ1n) is 6.44. The minimum Gasteiger partial charge on any atom is -0.385 e. The van der Waals surface area contributed by atoms with Gasteiger partial charge in [0.2, 0.25) is 0 Å². The van der Waals surface area contributed by atoms with Gasteiger partial charge in [-0.15, -0.1) is 0 Å². The fourth-order valence-corrected chi connectivity index (χ4v) is 3.22. The number of hydrogen-bond acceptors (Lipinski definition) is 1. The Labute approximate surface area is 124 Å². The zero-order valence-electron chi connectivity index (χ0n) is 10.7. The van der Waals surface area contributed by atoms with Crippen LogP contribution in [0, 0.1) is 11.6 Å². The molecule has 0 radical (unpaired) electrons. The van der Waals surface area contributed by atoms with Crippen molar-refractivity contribution in [2.45, 2.75) is 24.9 Å². The van der Waals surface area contributed by atoms with Crippen LogP contribution < -0.4 is 0 Å². The smallest absolute Gasteiger partial charge is 0.146 e. The average molecular weight is 339 g/mol. The van der Waals surface area contributed by atoms with E-state index in [2.05, 4.69) is 15.9 Å². The van der Waals surface area contributed by atoms with Crippen molar-refractivity contribution >= 4 is 15.9 Å². The average Bonchev–Trinajstić information content (AvgIpc) is 2.43. The minimum absolute atomic E-state index is 0.168. The monoisotopic (exact) mass is 338 g/mol. The summed E-state index contributed by atoms with van der Waals surface area (Å²) in [7, 11) is 0. The van der Waals surface area contributed by atoms with Gasteiger partial charge < -0.3 is 5.11 Å². The van der Waals surface area contributed by atoms with Gasteiger partial charge in [-0.1, -0.05) is 24.3 Å². The van der Waals surface area contributed by atoms with Crippen LogP contribution in [-0.4, -0.2) is 5.11 Å². The molecule has 0 fully saturated rings. The van der Waals surface area contributed by atoms with E-state index in [1.807, 2.05) is 24.3 Å². The van der Waals surface area contributed by atoms with Crippen LogP contribution in [0.2, 0.25) is 0 Å². The Bertz CT molecular complexity index is 672. The molecule has 1 unspecified atom stereocenters. The molecule has 1 aliphatic carbocycles. The summed E-state index contributed by atoms with van der Waals surface area (Å²) in [5.74, 6) is -1.42. The van der Waals surface area contributed by atoms with E-state index in [1.165, 1.54) is 12.1 Å². The first-order valence-corrected chi connectivity index (χ1v) is 7.24. The molecule has 0 spiro atoms. The van der Waals surface area contributed by atoms with E-state index in [1.54, 1.807) is 0 Å². The number of rotatable bonds is 1. The molecule has 104 valence electrons. The maximum Gasteiger partial charge on any atom is 0.146 e. The second kappa shape index (κ2) is 4.93. The first-order chi connectivity index (χ1) is 9.51. The quantitative estimate of drug-likeness (QED) is 0.776. The highest BCUT2D eigenvalue weighted by atomic mass is 79.9. The van der Waals surface area contributed by atoms with Crippen molar-refractivity contribution in [3.63, 3.8) is 0 Å². The number of fused-ring (bicyclic) bond motifs is 1. The van der Waals surface area contributed by atoms with E-state index in [0.29, 0.717) is 12.8 Å². The van der Waals surface area contributed by atoms with Gasteiger partial charge in [-0.2, -0.15) is 0 Å². The fraction of sp³-hybridized carbons (Fsp3) is 0.250. The Hall–Kier alpha value is -1.26. The zero-order chi connectivity index (χ0) is 14.3. The summed E-state index contributed by atoms with van der Waals surface area (Å²) < 4.78 is 28.4. The number of hydrogen-bond donors (Lipinski definition) is 1. The summed E-state index contributed by atoms with van der Waals surface area (Å²) in [5, 5.41) is 10.8. The highest BCUT2D eigenvalue weighted by Crippen LogP contribution is 2.40. The predicted octanol–water partition coefficient (Wildman–Crippen LogP) is 4.10. The van der Waals surface area contributed by atoms with Gasteiger partial charge in [0, 0.05) is 6.42 Å². The number of aryl methyl sites for hydroxylation is 1. The van der Waals surface area contributed by atoms with Crippen LogP contribution in [0.4, 0.5) is 8.78 Å². The standard InChI is InChI=1S/C16H13BrF2O/c17-12-5-6-13(18)14(15(12)19)16(20)8-7-10-3-1-2-4-11(10)9-16/h1-6,20H,7-9H2. The van der Waals surface area contributed by atoms with Gasteiger partial charge in [0.1, 0.15) is 11.6 Å². The SMILES string of the molecule is OC1(c2c(F)ccc(Br)c2F)CCc2ccccc2C1. The zero-order valence-corrected chi connectivity index (χ0v) is 12.3. The van der Waals surface area contributed by atoms with Gasteiger partial charge in [0.15, 0.2) is 0 Å². The van der Waals surface area contributed by atoms with Crippen LogP contribution in [0.3, 0.4) is 0 Å². The number of aliphatic hydroxyl groups is 1. The topological polar surface area (TPSA) is 20.2 Å². The maximum atomic E-state index is 14.2. The van der Waals surface area contributed by atoms with Crippen molar-refractivity contribution in [3.8, 4) is 0 Å². The molecule has 0 amide bonds. The van der Waals surface area contributed by atoms with Gasteiger partial charge in [-0.25, -0.2) is 8.78 Å². The molecule has 20 heavy (non-hydrogen) atoms. The lowest BCUT2D eigenvalue weighted by Crippen LogP contribution is -2.35. The summed E-state index contributed by atoms with van der Waals surface area (Å²) in [6.07, 6.45) is 1.15. The van der Waals surface area contributed by atoms with Gasteiger partial charge in [0.05, 0.1) is 15.6 Å². The van der Waals surface area contributed by atoms with E-state index in [9.17, 15) is 13.9 Å². The van der Waals surface area contributed by atoms with Crippen LogP contribution in [0.5, 0.6) is 0 Å². The lowest BCUT2D eigenvalue weighted by atomic mass is 9.76.